The maximum Gasteiger partial charge on any atom is 0.327 e. The van der Waals surface area contributed by atoms with E-state index >= 15 is 0 Å². The largest absolute Gasteiger partial charge is 0.480 e. The van der Waals surface area contributed by atoms with Gasteiger partial charge in [0.05, 0.1) is 28.8 Å². The van der Waals surface area contributed by atoms with Crippen molar-refractivity contribution < 1.29 is 14.6 Å². The highest BCUT2D eigenvalue weighted by Gasteiger charge is 2.26. The van der Waals surface area contributed by atoms with Crippen LogP contribution < -0.4 is 5.56 Å². The molecule has 0 aliphatic carbocycles. The van der Waals surface area contributed by atoms with Crippen LogP contribution in [0.25, 0.3) is 27.7 Å². The van der Waals surface area contributed by atoms with E-state index in [9.17, 15) is 14.7 Å². The van der Waals surface area contributed by atoms with Crippen LogP contribution in [0.5, 0.6) is 0 Å². The van der Waals surface area contributed by atoms with Gasteiger partial charge in [-0.05, 0) is 29.7 Å². The molecule has 3 aromatic heterocycles. The Morgan fingerprint density at radius 1 is 1.23 bits per heavy atom. The van der Waals surface area contributed by atoms with Crippen molar-refractivity contribution >= 4 is 34.1 Å². The van der Waals surface area contributed by atoms with Crippen molar-refractivity contribution in [1.82, 2.24) is 19.2 Å². The lowest BCUT2D eigenvalue weighted by molar-refractivity contribution is -0.142. The quantitative estimate of drug-likeness (QED) is 0.489. The number of fused-ring (bicyclic) bond motifs is 3. The summed E-state index contributed by atoms with van der Waals surface area (Å²) in [6.45, 7) is 3.79. The summed E-state index contributed by atoms with van der Waals surface area (Å²) < 4.78 is 8.16. The van der Waals surface area contributed by atoms with Gasteiger partial charge in [0.1, 0.15) is 6.04 Å². The van der Waals surface area contributed by atoms with Crippen LogP contribution >= 0.6 is 11.6 Å². The van der Waals surface area contributed by atoms with E-state index in [2.05, 4.69) is 10.1 Å². The second kappa shape index (κ2) is 8.13. The molecule has 9 heteroatoms. The zero-order valence-electron chi connectivity index (χ0n) is 17.2. The fourth-order valence-corrected chi connectivity index (χ4v) is 3.95. The monoisotopic (exact) mass is 440 g/mol. The molecule has 4 aromatic rings. The van der Waals surface area contributed by atoms with Crippen molar-refractivity contribution in [3.8, 4) is 11.1 Å². The van der Waals surface area contributed by atoms with Crippen molar-refractivity contribution in [2.45, 2.75) is 26.5 Å². The van der Waals surface area contributed by atoms with Gasteiger partial charge in [0, 0.05) is 24.5 Å². The number of ether oxygens (including phenoxy) is 1. The number of carbonyl (C=O) groups is 1. The highest BCUT2D eigenvalue weighted by atomic mass is 35.5. The standard InChI is InChI=1S/C22H21ClN4O4/c1-12(2)19(22(29)30)26-9-8-17-15(21(26)28)10-24-20-18(13-4-6-14(23)7-5-13)16(11-31-3)25-27(17)20/h4-10,12,19H,11H2,1-3H3,(H,29,30)/t19-/m1/s1. The summed E-state index contributed by atoms with van der Waals surface area (Å²) in [6.07, 6.45) is 2.98. The highest BCUT2D eigenvalue weighted by Crippen LogP contribution is 2.30. The van der Waals surface area contributed by atoms with Crippen LogP contribution in [0.2, 0.25) is 5.02 Å². The van der Waals surface area contributed by atoms with Crippen molar-refractivity contribution in [2.24, 2.45) is 5.92 Å². The van der Waals surface area contributed by atoms with Gasteiger partial charge in [0.2, 0.25) is 0 Å². The maximum atomic E-state index is 13.1. The molecule has 0 bridgehead atoms. The van der Waals surface area contributed by atoms with Gasteiger partial charge in [-0.2, -0.15) is 5.10 Å². The molecule has 0 unspecified atom stereocenters. The SMILES string of the molecule is COCc1nn2c(ncc3c(=O)n([C@@H](C(=O)O)C(C)C)ccc32)c1-c1ccc(Cl)cc1. The molecule has 0 saturated carbocycles. The van der Waals surface area contributed by atoms with E-state index in [1.54, 1.807) is 43.7 Å². The first-order valence-electron chi connectivity index (χ1n) is 9.72. The minimum absolute atomic E-state index is 0.258. The number of hydrogen-bond acceptors (Lipinski definition) is 5. The minimum Gasteiger partial charge on any atom is -0.480 e. The topological polar surface area (TPSA) is 98.7 Å². The number of methoxy groups -OCH3 is 1. The fraction of sp³-hybridized carbons (Fsp3) is 0.273. The number of benzene rings is 1. The number of carboxylic acids is 1. The van der Waals surface area contributed by atoms with Gasteiger partial charge >= 0.3 is 5.97 Å². The Balaban J connectivity index is 1.99. The zero-order valence-corrected chi connectivity index (χ0v) is 18.0. The molecular weight excluding hydrogens is 420 g/mol. The molecule has 31 heavy (non-hydrogen) atoms. The molecule has 0 aliphatic rings. The number of carboxylic acid groups (broad SMARTS) is 1. The number of hydrogen-bond donors (Lipinski definition) is 1. The smallest absolute Gasteiger partial charge is 0.327 e. The number of nitrogens with zero attached hydrogens (tertiary/aromatic N) is 4. The van der Waals surface area contributed by atoms with Crippen LogP contribution in [0.3, 0.4) is 0 Å². The van der Waals surface area contributed by atoms with E-state index in [1.165, 1.54) is 17.0 Å². The maximum absolute atomic E-state index is 13.1. The molecule has 4 rings (SSSR count). The molecule has 0 amide bonds. The Morgan fingerprint density at radius 2 is 1.94 bits per heavy atom. The lowest BCUT2D eigenvalue weighted by atomic mass is 10.0. The highest BCUT2D eigenvalue weighted by molar-refractivity contribution is 6.30. The summed E-state index contributed by atoms with van der Waals surface area (Å²) in [7, 11) is 1.58. The first-order valence-corrected chi connectivity index (χ1v) is 10.1. The van der Waals surface area contributed by atoms with Crippen LogP contribution in [0, 0.1) is 5.92 Å². The first kappa shape index (κ1) is 21.0. The number of aliphatic carboxylic acids is 1. The summed E-state index contributed by atoms with van der Waals surface area (Å²) in [5.41, 5.74) is 3.01. The van der Waals surface area contributed by atoms with Crippen LogP contribution in [-0.4, -0.2) is 37.4 Å². The molecule has 0 saturated heterocycles. The summed E-state index contributed by atoms with van der Waals surface area (Å²) in [5, 5.41) is 15.1. The summed E-state index contributed by atoms with van der Waals surface area (Å²) >= 11 is 6.03. The Bertz CT molecular complexity index is 1340. The zero-order chi connectivity index (χ0) is 22.3. The lowest BCUT2D eigenvalue weighted by Crippen LogP contribution is -2.33. The third-order valence-corrected chi connectivity index (χ3v) is 5.46. The lowest BCUT2D eigenvalue weighted by Gasteiger charge is -2.19. The van der Waals surface area contributed by atoms with E-state index in [-0.39, 0.29) is 17.9 Å². The van der Waals surface area contributed by atoms with E-state index in [1.807, 2.05) is 12.1 Å². The summed E-state index contributed by atoms with van der Waals surface area (Å²) in [5.74, 6) is -1.32. The summed E-state index contributed by atoms with van der Waals surface area (Å²) in [6, 6.07) is 8.05. The first-order chi connectivity index (χ1) is 14.8. The van der Waals surface area contributed by atoms with E-state index in [0.29, 0.717) is 21.9 Å². The molecule has 0 aliphatic heterocycles. The van der Waals surface area contributed by atoms with E-state index in [4.69, 9.17) is 16.3 Å². The Hall–Kier alpha value is -3.23. The number of halogens is 1. The van der Waals surface area contributed by atoms with Crippen LogP contribution in [0.1, 0.15) is 25.6 Å². The molecule has 160 valence electrons. The van der Waals surface area contributed by atoms with Gasteiger partial charge in [0.15, 0.2) is 5.65 Å². The second-order valence-corrected chi connectivity index (χ2v) is 8.05. The van der Waals surface area contributed by atoms with Gasteiger partial charge in [-0.25, -0.2) is 14.3 Å². The van der Waals surface area contributed by atoms with Gasteiger partial charge in [-0.3, -0.25) is 4.79 Å². The Morgan fingerprint density at radius 3 is 2.55 bits per heavy atom. The number of rotatable bonds is 6. The van der Waals surface area contributed by atoms with Crippen LogP contribution in [-0.2, 0) is 16.1 Å². The molecule has 1 atom stereocenters. The third-order valence-electron chi connectivity index (χ3n) is 5.21. The van der Waals surface area contributed by atoms with Gasteiger partial charge in [0.25, 0.3) is 5.56 Å². The number of aromatic nitrogens is 4. The molecular formula is C22H21ClN4O4. The second-order valence-electron chi connectivity index (χ2n) is 7.61. The number of pyridine rings is 1. The van der Waals surface area contributed by atoms with Crippen molar-refractivity contribution in [3.05, 3.63) is 63.8 Å². The Labute approximate surface area is 182 Å². The fourth-order valence-electron chi connectivity index (χ4n) is 3.82. The van der Waals surface area contributed by atoms with Crippen LogP contribution in [0.15, 0.2) is 47.5 Å². The predicted molar refractivity (Wildman–Crippen MR) is 117 cm³/mol. The normalized spacial score (nSPS) is 12.7. The van der Waals surface area contributed by atoms with E-state index < -0.39 is 17.6 Å². The van der Waals surface area contributed by atoms with Crippen LogP contribution in [0.4, 0.5) is 0 Å². The van der Waals surface area contributed by atoms with Gasteiger partial charge < -0.3 is 14.4 Å². The van der Waals surface area contributed by atoms with Gasteiger partial charge in [-0.1, -0.05) is 37.6 Å². The summed E-state index contributed by atoms with van der Waals surface area (Å²) in [4.78, 5) is 29.4. The molecule has 0 radical (unpaired) electrons. The Kier molecular flexibility index (Phi) is 5.51. The molecule has 1 N–H and O–H groups in total. The molecule has 8 nitrogen and oxygen atoms in total. The van der Waals surface area contributed by atoms with Gasteiger partial charge in [-0.15, -0.1) is 0 Å². The molecule has 1 aromatic carbocycles. The van der Waals surface area contributed by atoms with Crippen molar-refractivity contribution in [2.75, 3.05) is 7.11 Å². The average molecular weight is 441 g/mol. The minimum atomic E-state index is -1.06. The molecule has 0 spiro atoms. The molecule has 3 heterocycles. The van der Waals surface area contributed by atoms with E-state index in [0.717, 1.165) is 11.1 Å². The predicted octanol–water partition coefficient (Wildman–Crippen LogP) is 3.79. The molecule has 0 fully saturated rings. The average Bonchev–Trinajstić information content (AvgIpc) is 3.08. The van der Waals surface area contributed by atoms with Crippen molar-refractivity contribution in [1.29, 1.82) is 0 Å². The third kappa shape index (κ3) is 3.58. The van der Waals surface area contributed by atoms with Crippen molar-refractivity contribution in [3.63, 3.8) is 0 Å².